The monoisotopic (exact) mass is 256 g/mol. The largest absolute Gasteiger partial charge is 0.313 e. The van der Waals surface area contributed by atoms with Crippen molar-refractivity contribution in [2.24, 2.45) is 0 Å². The van der Waals surface area contributed by atoms with Crippen LogP contribution in [0.2, 0.25) is 0 Å². The molecule has 1 aromatic carbocycles. The lowest BCUT2D eigenvalue weighted by atomic mass is 10.2. The fraction of sp³-hybridized carbons (Fsp3) is 0.455. The lowest BCUT2D eigenvalue weighted by Gasteiger charge is -2.04. The summed E-state index contributed by atoms with van der Waals surface area (Å²) in [5, 5.41) is 13.7. The average molecular weight is 256 g/mol. The number of non-ortho nitro benzene ring substituents is 1. The maximum absolute atomic E-state index is 10.8. The van der Waals surface area contributed by atoms with Gasteiger partial charge in [0.1, 0.15) is 0 Å². The molecule has 0 aliphatic heterocycles. The average Bonchev–Trinajstić information content (AvgIpc) is 2.28. The van der Waals surface area contributed by atoms with Crippen molar-refractivity contribution in [2.75, 3.05) is 18.6 Å². The molecule has 0 aliphatic rings. The number of nitro groups is 1. The zero-order valence-electron chi connectivity index (χ0n) is 9.72. The molecule has 0 heterocycles. The van der Waals surface area contributed by atoms with Gasteiger partial charge < -0.3 is 5.32 Å². The van der Waals surface area contributed by atoms with E-state index in [2.05, 4.69) is 5.32 Å². The topological polar surface area (TPSA) is 72.2 Å². The molecule has 0 saturated heterocycles. The number of hydrogen-bond acceptors (Lipinski definition) is 4. The fourth-order valence-electron chi connectivity index (χ4n) is 1.41. The van der Waals surface area contributed by atoms with Crippen LogP contribution in [0.25, 0.3) is 0 Å². The van der Waals surface area contributed by atoms with E-state index in [9.17, 15) is 14.3 Å². The minimum absolute atomic E-state index is 0.110. The molecule has 1 N–H and O–H groups in total. The molecule has 1 aromatic rings. The highest BCUT2D eigenvalue weighted by Gasteiger charge is 2.04. The molecule has 1 rings (SSSR count). The van der Waals surface area contributed by atoms with Crippen LogP contribution in [0.5, 0.6) is 0 Å². The van der Waals surface area contributed by atoms with Crippen LogP contribution < -0.4 is 5.32 Å². The van der Waals surface area contributed by atoms with E-state index in [0.717, 1.165) is 18.5 Å². The summed E-state index contributed by atoms with van der Waals surface area (Å²) < 4.78 is 10.8. The molecule has 0 spiro atoms. The Bertz CT molecular complexity index is 409. The van der Waals surface area contributed by atoms with Gasteiger partial charge in [0.15, 0.2) is 0 Å². The van der Waals surface area contributed by atoms with Crippen LogP contribution in [0, 0.1) is 10.1 Å². The van der Waals surface area contributed by atoms with E-state index in [1.54, 1.807) is 18.4 Å². The van der Waals surface area contributed by atoms with Gasteiger partial charge >= 0.3 is 0 Å². The summed E-state index contributed by atoms with van der Waals surface area (Å²) in [5.74, 6) is 0.682. The first-order valence-corrected chi connectivity index (χ1v) is 7.06. The molecule has 0 bridgehead atoms. The Balaban J connectivity index is 2.34. The van der Waals surface area contributed by atoms with E-state index in [-0.39, 0.29) is 5.69 Å². The van der Waals surface area contributed by atoms with E-state index < -0.39 is 15.7 Å². The van der Waals surface area contributed by atoms with Crippen LogP contribution in [0.1, 0.15) is 12.0 Å². The molecule has 6 heteroatoms. The number of nitro benzene ring substituents is 1. The number of rotatable bonds is 7. The van der Waals surface area contributed by atoms with Gasteiger partial charge in [-0.05, 0) is 18.5 Å². The Morgan fingerprint density at radius 1 is 1.47 bits per heavy atom. The summed E-state index contributed by atoms with van der Waals surface area (Å²) in [6.45, 7) is 1.36. The van der Waals surface area contributed by atoms with E-state index in [0.29, 0.717) is 12.3 Å². The Morgan fingerprint density at radius 3 is 2.88 bits per heavy atom. The third kappa shape index (κ3) is 5.55. The zero-order valence-corrected chi connectivity index (χ0v) is 10.5. The molecule has 0 saturated carbocycles. The van der Waals surface area contributed by atoms with Crippen LogP contribution >= 0.6 is 0 Å². The van der Waals surface area contributed by atoms with E-state index in [1.165, 1.54) is 6.07 Å². The van der Waals surface area contributed by atoms with Crippen molar-refractivity contribution >= 4 is 16.5 Å². The first kappa shape index (κ1) is 13.8. The van der Waals surface area contributed by atoms with Crippen LogP contribution in [0.4, 0.5) is 5.69 Å². The highest BCUT2D eigenvalue weighted by Crippen LogP contribution is 2.12. The zero-order chi connectivity index (χ0) is 12.7. The maximum Gasteiger partial charge on any atom is 0.269 e. The summed E-state index contributed by atoms with van der Waals surface area (Å²) in [6.07, 6.45) is 2.53. The van der Waals surface area contributed by atoms with E-state index in [1.807, 2.05) is 6.07 Å². The second kappa shape index (κ2) is 7.13. The summed E-state index contributed by atoms with van der Waals surface area (Å²) in [5.41, 5.74) is 0.996. The second-order valence-corrected chi connectivity index (χ2v) is 5.29. The Hall–Kier alpha value is -1.27. The van der Waals surface area contributed by atoms with Crippen molar-refractivity contribution in [3.63, 3.8) is 0 Å². The van der Waals surface area contributed by atoms with Crippen LogP contribution in [0.15, 0.2) is 24.3 Å². The first-order valence-electron chi connectivity index (χ1n) is 5.33. The highest BCUT2D eigenvalue weighted by molar-refractivity contribution is 7.84. The van der Waals surface area contributed by atoms with Gasteiger partial charge in [-0.3, -0.25) is 14.3 Å². The van der Waals surface area contributed by atoms with Gasteiger partial charge in [0.25, 0.3) is 5.69 Å². The second-order valence-electron chi connectivity index (χ2n) is 3.73. The standard InChI is InChI=1S/C11H16N2O3S/c1-17(16)7-3-6-12-9-10-4-2-5-11(8-10)13(14)15/h2,4-5,8,12H,3,6-7,9H2,1H3. The first-order chi connectivity index (χ1) is 8.09. The van der Waals surface area contributed by atoms with Gasteiger partial charge in [0, 0.05) is 41.5 Å². The quantitative estimate of drug-likeness (QED) is 0.455. The lowest BCUT2D eigenvalue weighted by Crippen LogP contribution is -2.16. The van der Waals surface area contributed by atoms with Gasteiger partial charge in [0.2, 0.25) is 0 Å². The van der Waals surface area contributed by atoms with E-state index in [4.69, 9.17) is 0 Å². The Morgan fingerprint density at radius 2 is 2.24 bits per heavy atom. The van der Waals surface area contributed by atoms with Crippen LogP contribution in [0.3, 0.4) is 0 Å². The number of nitrogens with zero attached hydrogens (tertiary/aromatic N) is 1. The van der Waals surface area contributed by atoms with Gasteiger partial charge in [-0.2, -0.15) is 0 Å². The number of benzene rings is 1. The molecular weight excluding hydrogens is 240 g/mol. The van der Waals surface area contributed by atoms with Crippen molar-refractivity contribution in [2.45, 2.75) is 13.0 Å². The molecule has 1 unspecified atom stereocenters. The molecule has 94 valence electrons. The van der Waals surface area contributed by atoms with Crippen molar-refractivity contribution < 1.29 is 9.13 Å². The molecule has 0 aromatic heterocycles. The summed E-state index contributed by atoms with van der Waals surface area (Å²) in [6, 6.07) is 6.56. The van der Waals surface area contributed by atoms with Gasteiger partial charge in [-0.1, -0.05) is 12.1 Å². The van der Waals surface area contributed by atoms with Crippen molar-refractivity contribution in [1.82, 2.24) is 5.32 Å². The van der Waals surface area contributed by atoms with Gasteiger partial charge in [-0.15, -0.1) is 0 Å². The Labute approximate surface area is 103 Å². The minimum atomic E-state index is -0.753. The van der Waals surface area contributed by atoms with Crippen molar-refractivity contribution in [3.05, 3.63) is 39.9 Å². The maximum atomic E-state index is 10.8. The predicted molar refractivity (Wildman–Crippen MR) is 68.4 cm³/mol. The van der Waals surface area contributed by atoms with Gasteiger partial charge in [-0.25, -0.2) is 0 Å². The summed E-state index contributed by atoms with van der Waals surface area (Å²) in [7, 11) is -0.753. The molecule has 5 nitrogen and oxygen atoms in total. The summed E-state index contributed by atoms with van der Waals surface area (Å²) in [4.78, 5) is 10.2. The molecule has 0 amide bonds. The molecule has 17 heavy (non-hydrogen) atoms. The molecule has 0 radical (unpaired) electrons. The predicted octanol–water partition coefficient (Wildman–Crippen LogP) is 1.45. The van der Waals surface area contributed by atoms with Crippen molar-refractivity contribution in [3.8, 4) is 0 Å². The van der Waals surface area contributed by atoms with Crippen molar-refractivity contribution in [1.29, 1.82) is 0 Å². The molecule has 0 fully saturated rings. The van der Waals surface area contributed by atoms with Gasteiger partial charge in [0.05, 0.1) is 4.92 Å². The number of hydrogen-bond donors (Lipinski definition) is 1. The molecule has 1 atom stereocenters. The third-order valence-corrected chi connectivity index (χ3v) is 3.10. The minimum Gasteiger partial charge on any atom is -0.313 e. The Kier molecular flexibility index (Phi) is 5.79. The normalized spacial score (nSPS) is 12.3. The third-order valence-electron chi connectivity index (χ3n) is 2.24. The highest BCUT2D eigenvalue weighted by atomic mass is 32.2. The fourth-order valence-corrected chi connectivity index (χ4v) is 1.96. The molecular formula is C11H16N2O3S. The molecule has 0 aliphatic carbocycles. The van der Waals surface area contributed by atoms with Crippen LogP contribution in [-0.4, -0.2) is 27.7 Å². The SMILES string of the molecule is CS(=O)CCCNCc1cccc([N+](=O)[O-])c1. The lowest BCUT2D eigenvalue weighted by molar-refractivity contribution is -0.384. The number of nitrogens with one attached hydrogen (secondary N) is 1. The van der Waals surface area contributed by atoms with Crippen LogP contribution in [-0.2, 0) is 17.3 Å². The van der Waals surface area contributed by atoms with E-state index >= 15 is 0 Å². The summed E-state index contributed by atoms with van der Waals surface area (Å²) >= 11 is 0. The smallest absolute Gasteiger partial charge is 0.269 e.